The van der Waals surface area contributed by atoms with Crippen LogP contribution >= 0.6 is 0 Å². The molecule has 1 aromatic heterocycles. The number of nitrogens with two attached hydrogens (primary N) is 2. The molecule has 162 valence electrons. The van der Waals surface area contributed by atoms with E-state index in [-0.39, 0.29) is 35.6 Å². The Balaban J connectivity index is 2.33. The van der Waals surface area contributed by atoms with Gasteiger partial charge in [0.05, 0.1) is 48.1 Å². The lowest BCUT2D eigenvalue weighted by atomic mass is 9.94. The van der Waals surface area contributed by atoms with E-state index in [4.69, 9.17) is 16.3 Å². The van der Waals surface area contributed by atoms with Crippen LogP contribution in [0.15, 0.2) is 11.8 Å². The molecule has 1 aliphatic heterocycles. The molecule has 0 radical (unpaired) electrons. The van der Waals surface area contributed by atoms with Gasteiger partial charge in [0.1, 0.15) is 0 Å². The fourth-order valence-electron chi connectivity index (χ4n) is 3.70. The van der Waals surface area contributed by atoms with Crippen LogP contribution < -0.4 is 16.5 Å². The third-order valence-corrected chi connectivity index (χ3v) is 5.11. The van der Waals surface area contributed by atoms with Crippen LogP contribution in [0.2, 0.25) is 0 Å². The molecule has 0 amide bonds. The summed E-state index contributed by atoms with van der Waals surface area (Å²) in [6, 6.07) is 1.28. The molecule has 1 saturated heterocycles. The van der Waals surface area contributed by atoms with Crippen molar-refractivity contribution in [2.45, 2.75) is 39.5 Å². The third kappa shape index (κ3) is 5.57. The lowest BCUT2D eigenvalue weighted by Gasteiger charge is -2.35. The van der Waals surface area contributed by atoms with Crippen molar-refractivity contribution in [2.24, 2.45) is 17.5 Å². The second-order valence-electron chi connectivity index (χ2n) is 7.23. The summed E-state index contributed by atoms with van der Waals surface area (Å²) in [4.78, 5) is 18.3. The topological polar surface area (TPSA) is 118 Å². The zero-order valence-electron chi connectivity index (χ0n) is 17.4. The first-order valence-corrected chi connectivity index (χ1v) is 10.0. The predicted molar refractivity (Wildman–Crippen MR) is 110 cm³/mol. The van der Waals surface area contributed by atoms with Gasteiger partial charge in [0, 0.05) is 26.2 Å². The van der Waals surface area contributed by atoms with Crippen molar-refractivity contribution in [3.8, 4) is 0 Å². The Hall–Kier alpha value is -2.39. The van der Waals surface area contributed by atoms with Crippen LogP contribution in [-0.2, 0) is 16.0 Å². The number of likely N-dealkylation sites (N-methyl/N-ethyl adjacent to an activating group) is 1. The zero-order valence-corrected chi connectivity index (χ0v) is 17.4. The van der Waals surface area contributed by atoms with Crippen molar-refractivity contribution in [1.82, 2.24) is 9.99 Å². The molecule has 1 aromatic rings. The molecule has 1 unspecified atom stereocenters. The van der Waals surface area contributed by atoms with E-state index >= 15 is 4.39 Å². The Kier molecular flexibility index (Phi) is 8.21. The first-order valence-electron chi connectivity index (χ1n) is 10.0. The Labute approximate surface area is 171 Å². The van der Waals surface area contributed by atoms with E-state index in [0.29, 0.717) is 43.9 Å². The third-order valence-electron chi connectivity index (χ3n) is 5.11. The quantitative estimate of drug-likeness (QED) is 0.335. The summed E-state index contributed by atoms with van der Waals surface area (Å²) in [5, 5.41) is 10.7. The van der Waals surface area contributed by atoms with Crippen molar-refractivity contribution in [2.75, 3.05) is 38.3 Å². The number of aliphatic hydroxyl groups excluding tert-OH is 1. The minimum Gasteiger partial charge on any atom is -0.466 e. The SMILES string of the molecule is CCOC(=O)CC1CCCN(c2c(F)cc(/C(N)=C(\CO)N(C)N)nc2CC)C1. The number of esters is 1. The van der Waals surface area contributed by atoms with Crippen LogP contribution in [0.4, 0.5) is 10.1 Å². The van der Waals surface area contributed by atoms with Crippen LogP contribution in [-0.4, -0.2) is 54.4 Å². The van der Waals surface area contributed by atoms with Crippen LogP contribution in [0.25, 0.3) is 5.70 Å². The highest BCUT2D eigenvalue weighted by Gasteiger charge is 2.27. The highest BCUT2D eigenvalue weighted by Crippen LogP contribution is 2.31. The van der Waals surface area contributed by atoms with Gasteiger partial charge in [-0.05, 0) is 32.1 Å². The van der Waals surface area contributed by atoms with Crippen LogP contribution in [0.3, 0.4) is 0 Å². The maximum Gasteiger partial charge on any atom is 0.306 e. The maximum atomic E-state index is 15.2. The van der Waals surface area contributed by atoms with Gasteiger partial charge in [-0.25, -0.2) is 15.2 Å². The molecule has 2 heterocycles. The molecule has 1 atom stereocenters. The lowest BCUT2D eigenvalue weighted by molar-refractivity contribution is -0.144. The molecule has 5 N–H and O–H groups in total. The smallest absolute Gasteiger partial charge is 0.306 e. The van der Waals surface area contributed by atoms with Crippen molar-refractivity contribution < 1.29 is 19.0 Å². The number of ether oxygens (including phenoxy) is 1. The number of halogens is 1. The summed E-state index contributed by atoms with van der Waals surface area (Å²) < 4.78 is 20.2. The molecule has 1 aliphatic rings. The van der Waals surface area contributed by atoms with E-state index in [0.717, 1.165) is 12.8 Å². The molecule has 8 nitrogen and oxygen atoms in total. The van der Waals surface area contributed by atoms with E-state index < -0.39 is 5.82 Å². The molecule has 2 rings (SSSR count). The number of hydrogen-bond acceptors (Lipinski definition) is 8. The number of aliphatic hydroxyl groups is 1. The van der Waals surface area contributed by atoms with E-state index in [9.17, 15) is 9.90 Å². The van der Waals surface area contributed by atoms with E-state index in [1.807, 2.05) is 11.8 Å². The predicted octanol–water partition coefficient (Wildman–Crippen LogP) is 1.38. The van der Waals surface area contributed by atoms with Gasteiger partial charge in [0.25, 0.3) is 0 Å². The number of carbonyl (C=O) groups is 1. The summed E-state index contributed by atoms with van der Waals surface area (Å²) in [6.07, 6.45) is 2.61. The number of hydrazine groups is 1. The summed E-state index contributed by atoms with van der Waals surface area (Å²) in [7, 11) is 1.54. The minimum atomic E-state index is -0.427. The largest absolute Gasteiger partial charge is 0.466 e. The van der Waals surface area contributed by atoms with Gasteiger partial charge in [-0.2, -0.15) is 0 Å². The number of aromatic nitrogens is 1. The van der Waals surface area contributed by atoms with Gasteiger partial charge >= 0.3 is 5.97 Å². The molecule has 0 bridgehead atoms. The van der Waals surface area contributed by atoms with Gasteiger partial charge in [-0.1, -0.05) is 6.92 Å². The Morgan fingerprint density at radius 3 is 2.79 bits per heavy atom. The fourth-order valence-corrected chi connectivity index (χ4v) is 3.70. The number of anilines is 1. The molecule has 1 fully saturated rings. The molecule has 9 heteroatoms. The summed E-state index contributed by atoms with van der Waals surface area (Å²) in [6.45, 7) is 4.93. The van der Waals surface area contributed by atoms with Gasteiger partial charge in [0.15, 0.2) is 5.82 Å². The maximum absolute atomic E-state index is 15.2. The molecular formula is C20H32FN5O3. The average Bonchev–Trinajstić information content (AvgIpc) is 2.67. The molecular weight excluding hydrogens is 377 g/mol. The van der Waals surface area contributed by atoms with E-state index in [1.165, 1.54) is 11.1 Å². The average molecular weight is 410 g/mol. The van der Waals surface area contributed by atoms with Crippen molar-refractivity contribution in [1.29, 1.82) is 0 Å². The summed E-state index contributed by atoms with van der Waals surface area (Å²) in [5.74, 6) is 5.15. The van der Waals surface area contributed by atoms with Crippen LogP contribution in [0, 0.1) is 11.7 Å². The van der Waals surface area contributed by atoms with E-state index in [1.54, 1.807) is 14.0 Å². The molecule has 0 saturated carbocycles. The van der Waals surface area contributed by atoms with Crippen molar-refractivity contribution in [3.63, 3.8) is 0 Å². The number of pyridine rings is 1. The van der Waals surface area contributed by atoms with Crippen LogP contribution in [0.1, 0.15) is 44.5 Å². The summed E-state index contributed by atoms with van der Waals surface area (Å²) >= 11 is 0. The first kappa shape index (κ1) is 22.9. The molecule has 0 aliphatic carbocycles. The Bertz CT molecular complexity index is 754. The molecule has 0 aromatic carbocycles. The monoisotopic (exact) mass is 409 g/mol. The number of piperidine rings is 1. The fraction of sp³-hybridized carbons (Fsp3) is 0.600. The number of hydrogen-bond donors (Lipinski definition) is 3. The first-order chi connectivity index (χ1) is 13.8. The highest BCUT2D eigenvalue weighted by atomic mass is 19.1. The second-order valence-corrected chi connectivity index (χ2v) is 7.23. The van der Waals surface area contributed by atoms with Crippen molar-refractivity contribution in [3.05, 3.63) is 29.0 Å². The Morgan fingerprint density at radius 2 is 2.21 bits per heavy atom. The number of nitrogens with zero attached hydrogens (tertiary/aromatic N) is 3. The minimum absolute atomic E-state index is 0.114. The van der Waals surface area contributed by atoms with Crippen LogP contribution in [0.5, 0.6) is 0 Å². The number of carbonyl (C=O) groups excluding carboxylic acids is 1. The number of aryl methyl sites for hydroxylation is 1. The van der Waals surface area contributed by atoms with E-state index in [2.05, 4.69) is 4.98 Å². The standard InChI is InChI=1S/C20H32FN5O3/c1-4-15-20(26-8-6-7-13(11-26)9-18(28)29-5-2)14(21)10-16(24-15)19(22)17(12-27)25(3)23/h10,13,27H,4-9,11-12,22-23H2,1-3H3/b19-17-. The second kappa shape index (κ2) is 10.4. The molecule has 0 spiro atoms. The van der Waals surface area contributed by atoms with Gasteiger partial charge in [-0.3, -0.25) is 4.79 Å². The van der Waals surface area contributed by atoms with Gasteiger partial charge in [-0.15, -0.1) is 0 Å². The molecule has 29 heavy (non-hydrogen) atoms. The Morgan fingerprint density at radius 1 is 1.48 bits per heavy atom. The zero-order chi connectivity index (χ0) is 21.6. The van der Waals surface area contributed by atoms with Gasteiger partial charge in [0.2, 0.25) is 0 Å². The normalized spacial score (nSPS) is 17.7. The lowest BCUT2D eigenvalue weighted by Crippen LogP contribution is -2.38. The van der Waals surface area contributed by atoms with Crippen molar-refractivity contribution >= 4 is 17.4 Å². The highest BCUT2D eigenvalue weighted by molar-refractivity contribution is 5.70. The summed E-state index contributed by atoms with van der Waals surface area (Å²) in [5.41, 5.74) is 7.75. The van der Waals surface area contributed by atoms with Gasteiger partial charge < -0.3 is 25.5 Å². The number of rotatable bonds is 8.